The van der Waals surface area contributed by atoms with Crippen LogP contribution < -0.4 is 0 Å². The Labute approximate surface area is 190 Å². The third kappa shape index (κ3) is 3.98. The Bertz CT molecular complexity index is 1020. The minimum absolute atomic E-state index is 0.0126. The summed E-state index contributed by atoms with van der Waals surface area (Å²) in [6, 6.07) is 14.6. The van der Waals surface area contributed by atoms with Gasteiger partial charge in [0.05, 0.1) is 24.9 Å². The van der Waals surface area contributed by atoms with Crippen molar-refractivity contribution in [3.05, 3.63) is 70.3 Å². The lowest BCUT2D eigenvalue weighted by Crippen LogP contribution is -2.48. The molecular weight excluding hydrogens is 400 g/mol. The minimum atomic E-state index is -0.0727. The van der Waals surface area contributed by atoms with E-state index in [1.807, 2.05) is 6.07 Å². The van der Waals surface area contributed by atoms with Crippen molar-refractivity contribution in [1.82, 2.24) is 14.8 Å². The number of piperazine rings is 1. The quantitative estimate of drug-likeness (QED) is 0.807. The zero-order chi connectivity index (χ0) is 22.2. The molecule has 1 N–H and O–H groups in total. The van der Waals surface area contributed by atoms with Crippen LogP contribution >= 0.6 is 0 Å². The van der Waals surface area contributed by atoms with E-state index in [4.69, 9.17) is 5.10 Å². The van der Waals surface area contributed by atoms with E-state index in [0.717, 1.165) is 61.4 Å². The maximum absolute atomic E-state index is 13.5. The van der Waals surface area contributed by atoms with Gasteiger partial charge in [-0.3, -0.25) is 9.69 Å². The van der Waals surface area contributed by atoms with Crippen LogP contribution in [0.4, 0.5) is 0 Å². The maximum atomic E-state index is 13.5. The van der Waals surface area contributed by atoms with Gasteiger partial charge in [-0.15, -0.1) is 0 Å². The van der Waals surface area contributed by atoms with Gasteiger partial charge in [-0.2, -0.15) is 5.10 Å². The first-order chi connectivity index (χ1) is 15.5. The van der Waals surface area contributed by atoms with Crippen molar-refractivity contribution in [1.29, 1.82) is 0 Å². The number of benzene rings is 2. The number of aryl methyl sites for hydroxylation is 2. The Morgan fingerprint density at radius 1 is 1.09 bits per heavy atom. The fourth-order valence-electron chi connectivity index (χ4n) is 5.23. The number of fused-ring (bicyclic) bond motifs is 3. The van der Waals surface area contributed by atoms with E-state index in [0.29, 0.717) is 6.54 Å². The molecule has 6 nitrogen and oxygen atoms in total. The monoisotopic (exact) mass is 432 g/mol. The normalized spacial score (nSPS) is 23.6. The molecule has 0 aromatic heterocycles. The van der Waals surface area contributed by atoms with Crippen molar-refractivity contribution in [3.8, 4) is 0 Å². The molecule has 0 radical (unpaired) electrons. The Balaban J connectivity index is 1.49. The largest absolute Gasteiger partial charge is 0.392 e. The van der Waals surface area contributed by atoms with E-state index in [-0.39, 0.29) is 24.5 Å². The summed E-state index contributed by atoms with van der Waals surface area (Å²) in [7, 11) is 2.13. The van der Waals surface area contributed by atoms with Crippen molar-refractivity contribution >= 4 is 11.6 Å². The number of amides is 1. The summed E-state index contributed by atoms with van der Waals surface area (Å²) >= 11 is 0. The number of likely N-dealkylation sites (N-methyl/N-ethyl adjacent to an activating group) is 1. The highest BCUT2D eigenvalue weighted by Crippen LogP contribution is 2.43. The molecule has 1 amide bonds. The van der Waals surface area contributed by atoms with E-state index in [1.54, 1.807) is 5.01 Å². The number of aliphatic hydroxyl groups excluding tert-OH is 1. The molecule has 1 saturated heterocycles. The van der Waals surface area contributed by atoms with Crippen LogP contribution in [0.25, 0.3) is 0 Å². The predicted molar refractivity (Wildman–Crippen MR) is 125 cm³/mol. The molecule has 3 aliphatic rings. The highest BCUT2D eigenvalue weighted by molar-refractivity contribution is 6.07. The van der Waals surface area contributed by atoms with E-state index in [9.17, 15) is 9.90 Å². The fourth-order valence-corrected chi connectivity index (χ4v) is 5.23. The molecule has 168 valence electrons. The molecule has 0 saturated carbocycles. The minimum Gasteiger partial charge on any atom is -0.392 e. The van der Waals surface area contributed by atoms with Gasteiger partial charge in [0.1, 0.15) is 0 Å². The van der Waals surface area contributed by atoms with Crippen LogP contribution in [0.15, 0.2) is 47.6 Å². The van der Waals surface area contributed by atoms with Crippen LogP contribution in [0.3, 0.4) is 0 Å². The molecule has 1 aliphatic carbocycles. The number of nitrogens with zero attached hydrogens (tertiary/aromatic N) is 4. The van der Waals surface area contributed by atoms with Gasteiger partial charge in [0.2, 0.25) is 0 Å². The zero-order valence-electron chi connectivity index (χ0n) is 19.0. The highest BCUT2D eigenvalue weighted by Gasteiger charge is 2.44. The first-order valence-electron chi connectivity index (χ1n) is 11.6. The van der Waals surface area contributed by atoms with Crippen LogP contribution in [-0.4, -0.2) is 71.3 Å². The number of aliphatic hydroxyl groups is 1. The smallest absolute Gasteiger partial charge is 0.257 e. The highest BCUT2D eigenvalue weighted by atomic mass is 16.3. The first kappa shape index (κ1) is 21.3. The second-order valence-electron chi connectivity index (χ2n) is 9.45. The lowest BCUT2D eigenvalue weighted by atomic mass is 9.77. The van der Waals surface area contributed by atoms with E-state index in [1.165, 1.54) is 11.1 Å². The van der Waals surface area contributed by atoms with Gasteiger partial charge in [-0.25, -0.2) is 5.01 Å². The molecule has 6 heteroatoms. The molecule has 2 heterocycles. The number of carbonyl (C=O) groups excluding carboxylic acids is 1. The zero-order valence-corrected chi connectivity index (χ0v) is 19.0. The molecule has 0 unspecified atom stereocenters. The summed E-state index contributed by atoms with van der Waals surface area (Å²) in [5, 5.41) is 16.4. The van der Waals surface area contributed by atoms with Crippen LogP contribution in [0.1, 0.15) is 40.3 Å². The summed E-state index contributed by atoms with van der Waals surface area (Å²) in [5.74, 6) is 0.248. The molecule has 2 aliphatic heterocycles. The molecule has 1 fully saturated rings. The molecule has 2 aromatic carbocycles. The third-order valence-corrected chi connectivity index (χ3v) is 7.20. The third-order valence-electron chi connectivity index (χ3n) is 7.20. The van der Waals surface area contributed by atoms with Crippen molar-refractivity contribution in [2.24, 2.45) is 11.0 Å². The van der Waals surface area contributed by atoms with Crippen LogP contribution in [0.5, 0.6) is 0 Å². The average molecular weight is 433 g/mol. The summed E-state index contributed by atoms with van der Waals surface area (Å²) in [6.45, 7) is 6.31. The molecular formula is C26H32N4O2. The first-order valence-corrected chi connectivity index (χ1v) is 11.6. The number of carbonyl (C=O) groups is 1. The van der Waals surface area contributed by atoms with Crippen molar-refractivity contribution in [3.63, 3.8) is 0 Å². The summed E-state index contributed by atoms with van der Waals surface area (Å²) in [5.41, 5.74) is 6.60. The van der Waals surface area contributed by atoms with Crippen molar-refractivity contribution in [2.45, 2.75) is 32.4 Å². The molecule has 5 rings (SSSR count). The van der Waals surface area contributed by atoms with Gasteiger partial charge in [-0.05, 0) is 49.6 Å². The standard InChI is InChI=1S/C26H32N4O2/c1-18-3-6-21(7-4-18)26-22-10-9-20-8-5-19(17-31)15-23(20)25(22)27-30(26)24(32)16-29-13-11-28(2)12-14-29/h3-8,15,22,26,31H,9-14,16-17H2,1-2H3/t22-,26-/m1/s1. The molecule has 0 spiro atoms. The van der Waals surface area contributed by atoms with Gasteiger partial charge >= 0.3 is 0 Å². The van der Waals surface area contributed by atoms with Crippen molar-refractivity contribution in [2.75, 3.05) is 39.8 Å². The molecule has 2 aromatic rings. The molecule has 32 heavy (non-hydrogen) atoms. The number of hydrogen-bond donors (Lipinski definition) is 1. The maximum Gasteiger partial charge on any atom is 0.257 e. The van der Waals surface area contributed by atoms with Crippen molar-refractivity contribution < 1.29 is 9.90 Å². The van der Waals surface area contributed by atoms with Crippen LogP contribution in [0, 0.1) is 12.8 Å². The fraction of sp³-hybridized carbons (Fsp3) is 0.462. The van der Waals surface area contributed by atoms with Crippen LogP contribution in [0.2, 0.25) is 0 Å². The SMILES string of the molecule is Cc1ccc([C@@H]2[C@@H]3CCc4ccc(CO)cc4C3=NN2C(=O)CN2CCN(C)CC2)cc1. The Kier molecular flexibility index (Phi) is 5.84. The van der Waals surface area contributed by atoms with Gasteiger partial charge in [-0.1, -0.05) is 42.0 Å². The second kappa shape index (κ2) is 8.77. The van der Waals surface area contributed by atoms with Gasteiger partial charge < -0.3 is 10.0 Å². The molecule has 2 atom stereocenters. The van der Waals surface area contributed by atoms with Gasteiger partial charge in [0.25, 0.3) is 5.91 Å². The van der Waals surface area contributed by atoms with Gasteiger partial charge in [0, 0.05) is 37.7 Å². The average Bonchev–Trinajstić information content (AvgIpc) is 3.21. The topological polar surface area (TPSA) is 59.4 Å². The summed E-state index contributed by atoms with van der Waals surface area (Å²) in [6.07, 6.45) is 1.94. The second-order valence-corrected chi connectivity index (χ2v) is 9.45. The Morgan fingerprint density at radius 2 is 1.84 bits per heavy atom. The number of hydrogen-bond acceptors (Lipinski definition) is 5. The summed E-state index contributed by atoms with van der Waals surface area (Å²) in [4.78, 5) is 18.1. The summed E-state index contributed by atoms with van der Waals surface area (Å²) < 4.78 is 0. The van der Waals surface area contributed by atoms with E-state index < -0.39 is 0 Å². The van der Waals surface area contributed by atoms with E-state index >= 15 is 0 Å². The van der Waals surface area contributed by atoms with Crippen LogP contribution in [-0.2, 0) is 17.8 Å². The lowest BCUT2D eigenvalue weighted by molar-refractivity contribution is -0.135. The Hall–Kier alpha value is -2.54. The van der Waals surface area contributed by atoms with E-state index in [2.05, 4.69) is 60.2 Å². The number of rotatable bonds is 4. The lowest BCUT2D eigenvalue weighted by Gasteiger charge is -2.34. The molecule has 0 bridgehead atoms. The Morgan fingerprint density at radius 3 is 2.56 bits per heavy atom. The predicted octanol–water partition coefficient (Wildman–Crippen LogP) is 2.58. The number of hydrazone groups is 1. The van der Waals surface area contributed by atoms with Gasteiger partial charge in [0.15, 0.2) is 0 Å².